The molecule has 0 N–H and O–H groups in total. The van der Waals surface area contributed by atoms with Crippen LogP contribution in [0.4, 0.5) is 0 Å². The van der Waals surface area contributed by atoms with E-state index in [1.165, 1.54) is 61.2 Å². The Balaban J connectivity index is 1.55. The van der Waals surface area contributed by atoms with Crippen molar-refractivity contribution in [2.75, 3.05) is 0 Å². The van der Waals surface area contributed by atoms with E-state index in [0.717, 1.165) is 6.42 Å². The quantitative estimate of drug-likeness (QED) is 0.229. The highest BCUT2D eigenvalue weighted by Crippen LogP contribution is 2.60. The number of fused-ring (bicyclic) bond motifs is 2. The summed E-state index contributed by atoms with van der Waals surface area (Å²) in [6.07, 6.45) is 5.23. The Morgan fingerprint density at radius 2 is 0.886 bits per heavy atom. The van der Waals surface area contributed by atoms with E-state index in [2.05, 4.69) is 127 Å². The van der Waals surface area contributed by atoms with Crippen LogP contribution in [0.25, 0.3) is 5.57 Å². The largest absolute Gasteiger partial charge is 0.200 e. The van der Waals surface area contributed by atoms with Gasteiger partial charge in [0.05, 0.1) is 11.1 Å². The molecule has 4 aliphatic rings. The first-order valence-corrected chi connectivity index (χ1v) is 12.5. The Labute approximate surface area is 206 Å². The average Bonchev–Trinajstić information content (AvgIpc) is 2.93. The Kier molecular flexibility index (Phi) is 3.76. The predicted octanol–water partition coefficient (Wildman–Crippen LogP) is 7.67. The summed E-state index contributed by atoms with van der Waals surface area (Å²) in [5.74, 6) is 0.276. The molecule has 35 heavy (non-hydrogen) atoms. The first kappa shape index (κ1) is 19.1. The molecule has 0 saturated carbocycles. The number of hydrogen-bond acceptors (Lipinski definition) is 0. The second-order valence-corrected chi connectivity index (χ2v) is 9.94. The Morgan fingerprint density at radius 3 is 1.37 bits per heavy atom. The summed E-state index contributed by atoms with van der Waals surface area (Å²) in [4.78, 5) is 0. The van der Waals surface area contributed by atoms with Gasteiger partial charge in [-0.1, -0.05) is 84.9 Å². The molecular weight excluding hydrogens is 420 g/mol. The Hall–Kier alpha value is -4.25. The number of hydrogen-bond donors (Lipinski definition) is 0. The average molecular weight is 444 g/mol. The Morgan fingerprint density at radius 1 is 0.486 bits per heavy atom. The van der Waals surface area contributed by atoms with Gasteiger partial charge in [-0.15, -0.1) is 0 Å². The van der Waals surface area contributed by atoms with Crippen molar-refractivity contribution in [3.05, 3.63) is 183 Å². The molecule has 5 aromatic carbocycles. The predicted molar refractivity (Wildman–Crippen MR) is 142 cm³/mol. The standard InChI is InChI=1S/C35H23/c1-3-13-25-23(11-1)21-24-12-2-4-14-26(24)30(25)22-35-31-18-8-5-15-27(31)34(28-16-6-9-19-32(28)35)29-17-7-10-20-33(29)35/h1-20,34H,21H2/q+1. The monoisotopic (exact) mass is 443 g/mol. The molecule has 162 valence electrons. The zero-order valence-electron chi connectivity index (χ0n) is 19.3. The van der Waals surface area contributed by atoms with Gasteiger partial charge in [-0.2, -0.15) is 0 Å². The molecule has 2 bridgehead atoms. The van der Waals surface area contributed by atoms with E-state index < -0.39 is 5.41 Å². The summed E-state index contributed by atoms with van der Waals surface area (Å²) in [6.45, 7) is 0. The molecule has 0 radical (unpaired) electrons. The first-order chi connectivity index (χ1) is 17.4. The van der Waals surface area contributed by atoms with Crippen molar-refractivity contribution < 1.29 is 0 Å². The molecule has 9 rings (SSSR count). The topological polar surface area (TPSA) is 0 Å². The summed E-state index contributed by atoms with van der Waals surface area (Å²) in [7, 11) is 0. The number of rotatable bonds is 1. The minimum atomic E-state index is -0.453. The van der Waals surface area contributed by atoms with Gasteiger partial charge in [0, 0.05) is 41.7 Å². The molecule has 0 aliphatic heterocycles. The van der Waals surface area contributed by atoms with Crippen molar-refractivity contribution >= 4 is 5.57 Å². The fourth-order valence-electron chi connectivity index (χ4n) is 6.92. The van der Waals surface area contributed by atoms with Crippen molar-refractivity contribution in [3.8, 4) is 0 Å². The van der Waals surface area contributed by atoms with Gasteiger partial charge in [0.25, 0.3) is 0 Å². The molecular formula is C35H23+. The molecule has 0 atom stereocenters. The van der Waals surface area contributed by atoms with Gasteiger partial charge in [-0.3, -0.25) is 0 Å². The molecule has 0 amide bonds. The normalized spacial score (nSPS) is 20.1. The number of allylic oxidation sites excluding steroid dienone is 1. The van der Waals surface area contributed by atoms with E-state index in [4.69, 9.17) is 0 Å². The van der Waals surface area contributed by atoms with E-state index in [1.54, 1.807) is 0 Å². The smallest absolute Gasteiger partial charge is 0.0619 e. The van der Waals surface area contributed by atoms with E-state index in [-0.39, 0.29) is 5.92 Å². The van der Waals surface area contributed by atoms with Crippen LogP contribution < -0.4 is 0 Å². The van der Waals surface area contributed by atoms with Crippen LogP contribution in [0, 0.1) is 6.08 Å². The fourth-order valence-corrected chi connectivity index (χ4v) is 6.92. The SMILES string of the molecule is [C+](=C1c2ccccc2Cc2ccccc21)C12c3ccccc3C(c3ccccc31)c1ccccc12. The molecule has 0 fully saturated rings. The summed E-state index contributed by atoms with van der Waals surface area (Å²) >= 11 is 0. The lowest BCUT2D eigenvalue weighted by molar-refractivity contribution is 0.635. The van der Waals surface area contributed by atoms with Crippen LogP contribution in [0.2, 0.25) is 0 Å². The molecule has 5 aromatic rings. The number of benzene rings is 5. The minimum absolute atomic E-state index is 0.276. The van der Waals surface area contributed by atoms with E-state index in [9.17, 15) is 0 Å². The second-order valence-electron chi connectivity index (χ2n) is 9.94. The fraction of sp³-hybridized carbons (Fsp3) is 0.0857. The second kappa shape index (κ2) is 6.89. The first-order valence-electron chi connectivity index (χ1n) is 12.5. The molecule has 0 heteroatoms. The van der Waals surface area contributed by atoms with Crippen LogP contribution in [0.5, 0.6) is 0 Å². The highest BCUT2D eigenvalue weighted by Gasteiger charge is 2.54. The van der Waals surface area contributed by atoms with Gasteiger partial charge in [-0.05, 0) is 57.6 Å². The van der Waals surface area contributed by atoms with Crippen molar-refractivity contribution in [1.29, 1.82) is 0 Å². The highest BCUT2D eigenvalue weighted by atomic mass is 14.5. The molecule has 0 unspecified atom stereocenters. The Bertz CT molecular complexity index is 1520. The van der Waals surface area contributed by atoms with E-state index in [1.807, 2.05) is 0 Å². The summed E-state index contributed by atoms with van der Waals surface area (Å²) in [5.41, 5.74) is 14.5. The van der Waals surface area contributed by atoms with Crippen LogP contribution in [0.1, 0.15) is 61.6 Å². The molecule has 0 nitrogen and oxygen atoms in total. The van der Waals surface area contributed by atoms with Crippen molar-refractivity contribution in [1.82, 2.24) is 0 Å². The van der Waals surface area contributed by atoms with Crippen LogP contribution >= 0.6 is 0 Å². The zero-order valence-corrected chi connectivity index (χ0v) is 19.3. The third-order valence-electron chi connectivity index (χ3n) is 8.29. The molecule has 0 spiro atoms. The van der Waals surface area contributed by atoms with E-state index >= 15 is 0 Å². The van der Waals surface area contributed by atoms with Gasteiger partial charge < -0.3 is 0 Å². The maximum Gasteiger partial charge on any atom is 0.200 e. The molecule has 0 heterocycles. The summed E-state index contributed by atoms with van der Waals surface area (Å²) in [5, 5.41) is 0. The minimum Gasteiger partial charge on any atom is -0.0619 e. The van der Waals surface area contributed by atoms with E-state index in [0.29, 0.717) is 0 Å². The molecule has 4 aliphatic carbocycles. The van der Waals surface area contributed by atoms with Gasteiger partial charge in [0.2, 0.25) is 5.57 Å². The highest BCUT2D eigenvalue weighted by molar-refractivity contribution is 5.87. The third-order valence-corrected chi connectivity index (χ3v) is 8.29. The van der Waals surface area contributed by atoms with Gasteiger partial charge in [-0.25, -0.2) is 0 Å². The van der Waals surface area contributed by atoms with Crippen molar-refractivity contribution in [2.24, 2.45) is 0 Å². The third kappa shape index (κ3) is 2.40. The van der Waals surface area contributed by atoms with Crippen molar-refractivity contribution in [3.63, 3.8) is 0 Å². The van der Waals surface area contributed by atoms with Gasteiger partial charge in [0.15, 0.2) is 5.41 Å². The van der Waals surface area contributed by atoms with Crippen LogP contribution in [-0.4, -0.2) is 0 Å². The molecule has 0 saturated heterocycles. The molecule has 0 aromatic heterocycles. The maximum absolute atomic E-state index is 4.26. The summed E-state index contributed by atoms with van der Waals surface area (Å²) in [6, 6.07) is 44.9. The van der Waals surface area contributed by atoms with Gasteiger partial charge >= 0.3 is 0 Å². The van der Waals surface area contributed by atoms with Gasteiger partial charge in [0.1, 0.15) is 0 Å². The van der Waals surface area contributed by atoms with Crippen LogP contribution in [0.15, 0.2) is 121 Å². The zero-order chi connectivity index (χ0) is 23.0. The van der Waals surface area contributed by atoms with Crippen molar-refractivity contribution in [2.45, 2.75) is 17.8 Å². The maximum atomic E-state index is 4.26. The van der Waals surface area contributed by atoms with Crippen LogP contribution in [-0.2, 0) is 11.8 Å². The lowest BCUT2D eigenvalue weighted by Gasteiger charge is -2.46. The lowest BCUT2D eigenvalue weighted by Crippen LogP contribution is -2.41. The summed E-state index contributed by atoms with van der Waals surface area (Å²) < 4.78 is 0. The van der Waals surface area contributed by atoms with Crippen LogP contribution in [0.3, 0.4) is 0 Å². The lowest BCUT2D eigenvalue weighted by atomic mass is 9.52.